The number of aliphatic hydroxyl groups is 1. The SMILES string of the molecule is C=C(C)C(=O)OCOC(=O)CN(CCN(CCO)CC(=O)O)CC(=O)OCOC(=O)C(=C)C. The van der Waals surface area contributed by atoms with Gasteiger partial charge in [0.05, 0.1) is 26.2 Å². The van der Waals surface area contributed by atoms with Crippen LogP contribution < -0.4 is 0 Å². The molecular formula is C20H30N2O11. The van der Waals surface area contributed by atoms with Gasteiger partial charge in [-0.05, 0) is 13.8 Å². The second kappa shape index (κ2) is 16.4. The van der Waals surface area contributed by atoms with E-state index in [4.69, 9.17) is 19.7 Å². The first-order valence-electron chi connectivity index (χ1n) is 9.70. The molecular weight excluding hydrogens is 444 g/mol. The Morgan fingerprint density at radius 2 is 1.12 bits per heavy atom. The van der Waals surface area contributed by atoms with Gasteiger partial charge in [-0.1, -0.05) is 13.2 Å². The van der Waals surface area contributed by atoms with E-state index in [-0.39, 0.29) is 43.9 Å². The Kier molecular flexibility index (Phi) is 14.7. The number of rotatable bonds is 17. The molecule has 0 saturated heterocycles. The normalized spacial score (nSPS) is 10.5. The molecule has 0 aliphatic carbocycles. The van der Waals surface area contributed by atoms with Gasteiger partial charge in [0.15, 0.2) is 0 Å². The van der Waals surface area contributed by atoms with Gasteiger partial charge in [-0.15, -0.1) is 0 Å². The number of aliphatic hydroxyl groups excluding tert-OH is 1. The van der Waals surface area contributed by atoms with Crippen LogP contribution in [0.4, 0.5) is 0 Å². The fourth-order valence-corrected chi connectivity index (χ4v) is 2.10. The van der Waals surface area contributed by atoms with Crippen molar-refractivity contribution < 1.29 is 53.1 Å². The first-order chi connectivity index (χ1) is 15.5. The molecule has 0 aliphatic rings. The summed E-state index contributed by atoms with van der Waals surface area (Å²) in [6.45, 7) is 6.94. The number of esters is 4. The summed E-state index contributed by atoms with van der Waals surface area (Å²) in [5.41, 5.74) is 0.232. The molecule has 0 fully saturated rings. The molecule has 0 aliphatic heterocycles. The zero-order valence-corrected chi connectivity index (χ0v) is 18.7. The van der Waals surface area contributed by atoms with E-state index in [9.17, 15) is 24.0 Å². The number of carboxylic acid groups (broad SMARTS) is 1. The van der Waals surface area contributed by atoms with Crippen LogP contribution in [0.1, 0.15) is 13.8 Å². The van der Waals surface area contributed by atoms with Crippen LogP contribution in [-0.4, -0.2) is 109 Å². The van der Waals surface area contributed by atoms with E-state index in [0.717, 1.165) is 0 Å². The molecule has 0 rings (SSSR count). The Morgan fingerprint density at radius 3 is 1.48 bits per heavy atom. The van der Waals surface area contributed by atoms with Crippen LogP contribution >= 0.6 is 0 Å². The lowest BCUT2D eigenvalue weighted by Gasteiger charge is -2.25. The number of aliphatic carboxylic acids is 1. The molecule has 0 aromatic heterocycles. The number of hydrogen-bond donors (Lipinski definition) is 2. The Morgan fingerprint density at radius 1 is 0.697 bits per heavy atom. The van der Waals surface area contributed by atoms with Crippen LogP contribution in [0.15, 0.2) is 24.3 Å². The van der Waals surface area contributed by atoms with Gasteiger partial charge in [0.2, 0.25) is 13.6 Å². The van der Waals surface area contributed by atoms with Crippen molar-refractivity contribution >= 4 is 29.8 Å². The number of carbonyl (C=O) groups excluding carboxylic acids is 4. The minimum atomic E-state index is -1.12. The third-order valence-corrected chi connectivity index (χ3v) is 3.73. The van der Waals surface area contributed by atoms with Gasteiger partial charge in [0, 0.05) is 30.8 Å². The Hall–Kier alpha value is -3.29. The summed E-state index contributed by atoms with van der Waals surface area (Å²) in [4.78, 5) is 60.4. The van der Waals surface area contributed by atoms with E-state index in [0.29, 0.717) is 0 Å². The van der Waals surface area contributed by atoms with Gasteiger partial charge in [0.25, 0.3) is 0 Å². The fourth-order valence-electron chi connectivity index (χ4n) is 2.10. The largest absolute Gasteiger partial charge is 0.480 e. The van der Waals surface area contributed by atoms with Crippen LogP contribution in [0.3, 0.4) is 0 Å². The second-order valence-electron chi connectivity index (χ2n) is 6.80. The monoisotopic (exact) mass is 474 g/mol. The van der Waals surface area contributed by atoms with Crippen molar-refractivity contribution in [2.45, 2.75) is 13.8 Å². The molecule has 0 unspecified atom stereocenters. The van der Waals surface area contributed by atoms with Gasteiger partial charge in [0.1, 0.15) is 0 Å². The average molecular weight is 474 g/mol. The zero-order chi connectivity index (χ0) is 25.4. The molecule has 0 saturated carbocycles. The number of hydrogen-bond acceptors (Lipinski definition) is 12. The van der Waals surface area contributed by atoms with E-state index < -0.39 is 56.5 Å². The summed E-state index contributed by atoms with van der Waals surface area (Å²) in [7, 11) is 0. The molecule has 0 radical (unpaired) electrons. The lowest BCUT2D eigenvalue weighted by atomic mass is 10.4. The predicted octanol–water partition coefficient (Wildman–Crippen LogP) is -1.09. The summed E-state index contributed by atoms with van der Waals surface area (Å²) in [6.07, 6.45) is 0. The van der Waals surface area contributed by atoms with Gasteiger partial charge < -0.3 is 29.2 Å². The van der Waals surface area contributed by atoms with Crippen molar-refractivity contribution in [3.05, 3.63) is 24.3 Å². The minimum Gasteiger partial charge on any atom is -0.480 e. The molecule has 0 bridgehead atoms. The fraction of sp³-hybridized carbons (Fsp3) is 0.550. The third kappa shape index (κ3) is 15.2. The molecule has 0 heterocycles. The maximum absolute atomic E-state index is 12.1. The van der Waals surface area contributed by atoms with Crippen LogP contribution in [0, 0.1) is 0 Å². The lowest BCUT2D eigenvalue weighted by Crippen LogP contribution is -2.43. The van der Waals surface area contributed by atoms with E-state index >= 15 is 0 Å². The molecule has 33 heavy (non-hydrogen) atoms. The maximum atomic E-state index is 12.1. The van der Waals surface area contributed by atoms with Gasteiger partial charge in [-0.3, -0.25) is 24.2 Å². The first-order valence-corrected chi connectivity index (χ1v) is 9.70. The quantitative estimate of drug-likeness (QED) is 0.148. The van der Waals surface area contributed by atoms with Crippen molar-refractivity contribution in [1.82, 2.24) is 9.80 Å². The second-order valence-corrected chi connectivity index (χ2v) is 6.80. The van der Waals surface area contributed by atoms with E-state index in [1.54, 1.807) is 0 Å². The van der Waals surface area contributed by atoms with Crippen LogP contribution in [0.2, 0.25) is 0 Å². The smallest absolute Gasteiger partial charge is 0.335 e. The summed E-state index contributed by atoms with van der Waals surface area (Å²) < 4.78 is 18.9. The molecule has 0 atom stereocenters. The number of nitrogens with zero attached hydrogens (tertiary/aromatic N) is 2. The van der Waals surface area contributed by atoms with E-state index in [2.05, 4.69) is 22.6 Å². The number of carboxylic acids is 1. The molecule has 0 aromatic carbocycles. The topological polar surface area (TPSA) is 169 Å². The van der Waals surface area contributed by atoms with Crippen molar-refractivity contribution in [3.8, 4) is 0 Å². The van der Waals surface area contributed by atoms with Crippen molar-refractivity contribution in [1.29, 1.82) is 0 Å². The molecule has 13 heteroatoms. The van der Waals surface area contributed by atoms with E-state index in [1.165, 1.54) is 23.6 Å². The van der Waals surface area contributed by atoms with Crippen LogP contribution in [0.5, 0.6) is 0 Å². The number of ether oxygens (including phenoxy) is 4. The molecule has 186 valence electrons. The maximum Gasteiger partial charge on any atom is 0.335 e. The molecule has 13 nitrogen and oxygen atoms in total. The van der Waals surface area contributed by atoms with Crippen molar-refractivity contribution in [2.75, 3.05) is 59.5 Å². The zero-order valence-electron chi connectivity index (χ0n) is 18.7. The highest BCUT2D eigenvalue weighted by molar-refractivity contribution is 5.87. The predicted molar refractivity (Wildman–Crippen MR) is 111 cm³/mol. The van der Waals surface area contributed by atoms with Gasteiger partial charge in [-0.2, -0.15) is 0 Å². The standard InChI is InChI=1S/C20H30N2O11/c1-14(2)19(28)32-12-30-17(26)10-22(6-5-21(7-8-23)9-16(24)25)11-18(27)31-13-33-20(29)15(3)4/h23H,1,3,5-13H2,2,4H3,(H,24,25). The highest BCUT2D eigenvalue weighted by Gasteiger charge is 2.19. The van der Waals surface area contributed by atoms with Crippen molar-refractivity contribution in [3.63, 3.8) is 0 Å². The van der Waals surface area contributed by atoms with Crippen LogP contribution in [-0.2, 0) is 42.9 Å². The molecule has 0 amide bonds. The summed E-state index contributed by atoms with van der Waals surface area (Å²) >= 11 is 0. The Labute approximate surface area is 191 Å². The average Bonchev–Trinajstić information content (AvgIpc) is 2.71. The first kappa shape index (κ1) is 29.7. The highest BCUT2D eigenvalue weighted by atomic mass is 16.7. The van der Waals surface area contributed by atoms with Gasteiger partial charge in [-0.25, -0.2) is 9.59 Å². The molecule has 2 N–H and O–H groups in total. The Bertz CT molecular complexity index is 690. The van der Waals surface area contributed by atoms with Gasteiger partial charge >= 0.3 is 29.8 Å². The van der Waals surface area contributed by atoms with E-state index in [1.807, 2.05) is 0 Å². The molecule has 0 aromatic rings. The third-order valence-electron chi connectivity index (χ3n) is 3.73. The number of carbonyl (C=O) groups is 5. The lowest BCUT2D eigenvalue weighted by molar-refractivity contribution is -0.167. The summed E-state index contributed by atoms with van der Waals surface area (Å²) in [5, 5.41) is 18.0. The van der Waals surface area contributed by atoms with Crippen LogP contribution in [0.25, 0.3) is 0 Å². The Balaban J connectivity index is 4.89. The minimum absolute atomic E-state index is 0.0224. The summed E-state index contributed by atoms with van der Waals surface area (Å²) in [6, 6.07) is 0. The van der Waals surface area contributed by atoms with Crippen molar-refractivity contribution in [2.24, 2.45) is 0 Å². The molecule has 0 spiro atoms. The summed E-state index contributed by atoms with van der Waals surface area (Å²) in [5.74, 6) is -4.29. The highest BCUT2D eigenvalue weighted by Crippen LogP contribution is 1.99.